The van der Waals surface area contributed by atoms with Crippen molar-refractivity contribution in [2.45, 2.75) is 6.42 Å². The summed E-state index contributed by atoms with van der Waals surface area (Å²) in [6.45, 7) is 0.318. The number of carbonyl (C=O) groups is 2. The molecule has 0 bridgehead atoms. The molecule has 90 valence electrons. The summed E-state index contributed by atoms with van der Waals surface area (Å²) in [7, 11) is 0. The van der Waals surface area contributed by atoms with Gasteiger partial charge in [-0.3, -0.25) is 9.59 Å². The lowest BCUT2D eigenvalue weighted by atomic mass is 10.1. The number of nitrogens with zero attached hydrogens (tertiary/aromatic N) is 1. The number of benzene rings is 1. The predicted molar refractivity (Wildman–Crippen MR) is 73.2 cm³/mol. The Morgan fingerprint density at radius 3 is 2.71 bits per heavy atom. The van der Waals surface area contributed by atoms with Gasteiger partial charge in [-0.05, 0) is 40.8 Å². The summed E-state index contributed by atoms with van der Waals surface area (Å²) < 4.78 is 1.00. The average Bonchev–Trinajstić information content (AvgIpc) is 2.61. The van der Waals surface area contributed by atoms with E-state index in [1.54, 1.807) is 12.1 Å². The Kier molecular flexibility index (Phi) is 3.23. The Bertz CT molecular complexity index is 490. The molecule has 0 aliphatic carbocycles. The maximum absolute atomic E-state index is 11.8. The number of anilines is 2. The first-order chi connectivity index (χ1) is 7.99. The van der Waals surface area contributed by atoms with Gasteiger partial charge >= 0.3 is 0 Å². The number of nitrogen functional groups attached to an aromatic ring is 1. The summed E-state index contributed by atoms with van der Waals surface area (Å²) in [6.07, 6.45) is 0.167. The number of amides is 2. The van der Waals surface area contributed by atoms with Crippen LogP contribution in [0.15, 0.2) is 18.2 Å². The molecule has 4 N–H and O–H groups in total. The van der Waals surface area contributed by atoms with Crippen molar-refractivity contribution in [3.05, 3.63) is 21.8 Å². The average molecular weight is 345 g/mol. The third-order valence-electron chi connectivity index (χ3n) is 2.81. The zero-order valence-corrected chi connectivity index (χ0v) is 11.2. The molecule has 1 atom stereocenters. The van der Waals surface area contributed by atoms with Crippen LogP contribution < -0.4 is 16.4 Å². The topological polar surface area (TPSA) is 89.4 Å². The van der Waals surface area contributed by atoms with Crippen LogP contribution >= 0.6 is 22.6 Å². The first kappa shape index (κ1) is 12.2. The smallest absolute Gasteiger partial charge is 0.227 e. The normalized spacial score (nSPS) is 19.7. The molecule has 5 nitrogen and oxygen atoms in total. The van der Waals surface area contributed by atoms with Crippen LogP contribution in [0.3, 0.4) is 0 Å². The van der Waals surface area contributed by atoms with Crippen LogP contribution in [-0.2, 0) is 9.59 Å². The fourth-order valence-corrected chi connectivity index (χ4v) is 2.42. The number of nitrogens with two attached hydrogens (primary N) is 2. The van der Waals surface area contributed by atoms with Crippen molar-refractivity contribution >= 4 is 45.8 Å². The monoisotopic (exact) mass is 345 g/mol. The second-order valence-corrected chi connectivity index (χ2v) is 5.26. The van der Waals surface area contributed by atoms with E-state index in [4.69, 9.17) is 11.5 Å². The second kappa shape index (κ2) is 4.52. The summed E-state index contributed by atoms with van der Waals surface area (Å²) in [5.74, 6) is -0.965. The molecular weight excluding hydrogens is 333 g/mol. The van der Waals surface area contributed by atoms with E-state index in [9.17, 15) is 9.59 Å². The van der Waals surface area contributed by atoms with Crippen molar-refractivity contribution in [1.82, 2.24) is 0 Å². The molecule has 1 heterocycles. The lowest BCUT2D eigenvalue weighted by Gasteiger charge is -2.18. The lowest BCUT2D eigenvalue weighted by Crippen LogP contribution is -2.28. The van der Waals surface area contributed by atoms with Gasteiger partial charge in [-0.2, -0.15) is 0 Å². The van der Waals surface area contributed by atoms with Gasteiger partial charge in [-0.25, -0.2) is 0 Å². The fourth-order valence-electron chi connectivity index (χ4n) is 1.90. The maximum Gasteiger partial charge on any atom is 0.227 e. The maximum atomic E-state index is 11.8. The second-order valence-electron chi connectivity index (χ2n) is 4.01. The minimum Gasteiger partial charge on any atom is -0.397 e. The third-order valence-corrected chi connectivity index (χ3v) is 3.48. The van der Waals surface area contributed by atoms with Crippen molar-refractivity contribution in [3.63, 3.8) is 0 Å². The van der Waals surface area contributed by atoms with Crippen LogP contribution in [0, 0.1) is 9.49 Å². The molecule has 1 aliphatic rings. The SMILES string of the molecule is NC(=O)C1CC(=O)N(c2ccc(I)cc2N)C1. The zero-order valence-electron chi connectivity index (χ0n) is 9.02. The van der Waals surface area contributed by atoms with E-state index in [1.807, 2.05) is 6.07 Å². The number of hydrogen-bond acceptors (Lipinski definition) is 3. The summed E-state index contributed by atoms with van der Waals surface area (Å²) in [5.41, 5.74) is 12.3. The first-order valence-corrected chi connectivity index (χ1v) is 6.21. The molecule has 0 saturated carbocycles. The van der Waals surface area contributed by atoms with E-state index in [-0.39, 0.29) is 12.3 Å². The van der Waals surface area contributed by atoms with Crippen LogP contribution in [0.5, 0.6) is 0 Å². The molecule has 2 amide bonds. The first-order valence-electron chi connectivity index (χ1n) is 5.13. The van der Waals surface area contributed by atoms with E-state index in [2.05, 4.69) is 22.6 Å². The number of primary amides is 1. The van der Waals surface area contributed by atoms with Crippen molar-refractivity contribution in [3.8, 4) is 0 Å². The van der Waals surface area contributed by atoms with Crippen molar-refractivity contribution in [2.24, 2.45) is 11.7 Å². The fraction of sp³-hybridized carbons (Fsp3) is 0.273. The number of halogens is 1. The Hall–Kier alpha value is -1.31. The lowest BCUT2D eigenvalue weighted by molar-refractivity contribution is -0.123. The molecule has 1 aromatic carbocycles. The van der Waals surface area contributed by atoms with E-state index in [0.717, 1.165) is 3.57 Å². The van der Waals surface area contributed by atoms with Crippen molar-refractivity contribution < 1.29 is 9.59 Å². The molecule has 1 unspecified atom stereocenters. The van der Waals surface area contributed by atoms with Crippen LogP contribution in [0.1, 0.15) is 6.42 Å². The third kappa shape index (κ3) is 2.36. The Labute approximate surface area is 112 Å². The molecular formula is C11H12IN3O2. The summed E-state index contributed by atoms with van der Waals surface area (Å²) in [5, 5.41) is 0. The predicted octanol–water partition coefficient (Wildman–Crippen LogP) is 0.712. The highest BCUT2D eigenvalue weighted by Crippen LogP contribution is 2.30. The molecule has 0 aromatic heterocycles. The van der Waals surface area contributed by atoms with E-state index < -0.39 is 11.8 Å². The van der Waals surface area contributed by atoms with E-state index in [1.165, 1.54) is 4.90 Å². The molecule has 1 aromatic rings. The van der Waals surface area contributed by atoms with E-state index >= 15 is 0 Å². The van der Waals surface area contributed by atoms with Crippen LogP contribution in [0.25, 0.3) is 0 Å². The Morgan fingerprint density at radius 2 is 2.18 bits per heavy atom. The summed E-state index contributed by atoms with van der Waals surface area (Å²) in [4.78, 5) is 24.4. The molecule has 1 aliphatic heterocycles. The molecule has 1 fully saturated rings. The van der Waals surface area contributed by atoms with Gasteiger partial charge < -0.3 is 16.4 Å². The van der Waals surface area contributed by atoms with Gasteiger partial charge in [0.2, 0.25) is 11.8 Å². The van der Waals surface area contributed by atoms with Gasteiger partial charge in [0, 0.05) is 16.5 Å². The van der Waals surface area contributed by atoms with Gasteiger partial charge in [0.25, 0.3) is 0 Å². The Balaban J connectivity index is 2.29. The van der Waals surface area contributed by atoms with Crippen LogP contribution in [0.2, 0.25) is 0 Å². The van der Waals surface area contributed by atoms with Gasteiger partial charge in [0.15, 0.2) is 0 Å². The molecule has 6 heteroatoms. The molecule has 17 heavy (non-hydrogen) atoms. The zero-order chi connectivity index (χ0) is 12.6. The summed E-state index contributed by atoms with van der Waals surface area (Å²) >= 11 is 2.15. The van der Waals surface area contributed by atoms with Crippen LogP contribution in [0.4, 0.5) is 11.4 Å². The largest absolute Gasteiger partial charge is 0.397 e. The van der Waals surface area contributed by atoms with Gasteiger partial charge in [0.1, 0.15) is 0 Å². The minimum atomic E-state index is -0.440. The molecule has 1 saturated heterocycles. The van der Waals surface area contributed by atoms with Crippen molar-refractivity contribution in [1.29, 1.82) is 0 Å². The Morgan fingerprint density at radius 1 is 1.47 bits per heavy atom. The number of rotatable bonds is 2. The summed E-state index contributed by atoms with van der Waals surface area (Å²) in [6, 6.07) is 5.45. The quantitative estimate of drug-likeness (QED) is 0.611. The highest BCUT2D eigenvalue weighted by Gasteiger charge is 2.34. The molecule has 2 rings (SSSR count). The number of hydrogen-bond donors (Lipinski definition) is 2. The van der Waals surface area contributed by atoms with E-state index in [0.29, 0.717) is 17.9 Å². The van der Waals surface area contributed by atoms with Gasteiger partial charge in [0.05, 0.1) is 17.3 Å². The van der Waals surface area contributed by atoms with Crippen molar-refractivity contribution in [2.75, 3.05) is 17.2 Å². The highest BCUT2D eigenvalue weighted by molar-refractivity contribution is 14.1. The van der Waals surface area contributed by atoms with Gasteiger partial charge in [-0.15, -0.1) is 0 Å². The highest BCUT2D eigenvalue weighted by atomic mass is 127. The molecule has 0 spiro atoms. The molecule has 0 radical (unpaired) electrons. The number of carbonyl (C=O) groups excluding carboxylic acids is 2. The van der Waals surface area contributed by atoms with Crippen LogP contribution in [-0.4, -0.2) is 18.4 Å². The minimum absolute atomic E-state index is 0.110. The van der Waals surface area contributed by atoms with Gasteiger partial charge in [-0.1, -0.05) is 0 Å². The standard InChI is InChI=1S/C11H12IN3O2/c12-7-1-2-9(8(13)4-7)15-5-6(11(14)17)3-10(15)16/h1-2,4,6H,3,5,13H2,(H2,14,17).